The average molecular weight is 413 g/mol. The number of aliphatic hydroxyl groups excluding tert-OH is 1. The van der Waals surface area contributed by atoms with Crippen LogP contribution in [0.5, 0.6) is 0 Å². The molecule has 3 aromatic rings. The average Bonchev–Trinajstić information content (AvgIpc) is 3.09. The van der Waals surface area contributed by atoms with Crippen LogP contribution in [0.1, 0.15) is 11.6 Å². The smallest absolute Gasteiger partial charge is 0.148 e. The van der Waals surface area contributed by atoms with Crippen LogP contribution in [0.2, 0.25) is 0 Å². The van der Waals surface area contributed by atoms with Gasteiger partial charge >= 0.3 is 0 Å². The molecule has 0 aliphatic carbocycles. The Balaban J connectivity index is 1.83. The Kier molecular flexibility index (Phi) is 5.65. The summed E-state index contributed by atoms with van der Waals surface area (Å²) in [5.74, 6) is -1.31. The third kappa shape index (κ3) is 3.74. The number of para-hydroxylation sites is 1. The van der Waals surface area contributed by atoms with Crippen molar-refractivity contribution in [1.29, 1.82) is 0 Å². The van der Waals surface area contributed by atoms with Gasteiger partial charge in [-0.15, -0.1) is 0 Å². The van der Waals surface area contributed by atoms with Crippen LogP contribution < -0.4 is 15.1 Å². The number of nitrogens with zero attached hydrogens (tertiary/aromatic N) is 2. The van der Waals surface area contributed by atoms with E-state index >= 15 is 4.39 Å². The molecule has 1 heterocycles. The van der Waals surface area contributed by atoms with Gasteiger partial charge in [0.1, 0.15) is 17.5 Å². The highest BCUT2D eigenvalue weighted by Crippen LogP contribution is 2.46. The van der Waals surface area contributed by atoms with E-state index in [0.717, 1.165) is 0 Å². The Morgan fingerprint density at radius 2 is 1.67 bits per heavy atom. The van der Waals surface area contributed by atoms with Crippen molar-refractivity contribution >= 4 is 17.1 Å². The van der Waals surface area contributed by atoms with Crippen molar-refractivity contribution in [2.24, 2.45) is 0 Å². The van der Waals surface area contributed by atoms with Crippen molar-refractivity contribution in [1.82, 2.24) is 5.32 Å². The van der Waals surface area contributed by atoms with E-state index in [2.05, 4.69) is 5.32 Å². The van der Waals surface area contributed by atoms with Crippen LogP contribution in [0.25, 0.3) is 0 Å². The van der Waals surface area contributed by atoms with Gasteiger partial charge < -0.3 is 20.2 Å². The maximum Gasteiger partial charge on any atom is 0.148 e. The van der Waals surface area contributed by atoms with Gasteiger partial charge in [-0.05, 0) is 55.1 Å². The van der Waals surface area contributed by atoms with Gasteiger partial charge in [0.2, 0.25) is 0 Å². The minimum absolute atomic E-state index is 0.168. The second-order valence-electron chi connectivity index (χ2n) is 7.25. The topological polar surface area (TPSA) is 38.7 Å². The molecule has 0 bridgehead atoms. The van der Waals surface area contributed by atoms with E-state index in [1.54, 1.807) is 53.2 Å². The Morgan fingerprint density at radius 3 is 2.37 bits per heavy atom. The minimum atomic E-state index is -0.947. The predicted molar refractivity (Wildman–Crippen MR) is 111 cm³/mol. The van der Waals surface area contributed by atoms with Crippen LogP contribution in [-0.2, 0) is 0 Å². The SMILES string of the molecule is CNCC(O)C(c1cccc(F)c1)N1CN(c2cccc(F)c2)c2cccc(F)c21. The van der Waals surface area contributed by atoms with E-state index in [9.17, 15) is 13.9 Å². The molecule has 0 spiro atoms. The number of rotatable bonds is 6. The summed E-state index contributed by atoms with van der Waals surface area (Å²) in [5.41, 5.74) is 1.92. The number of fused-ring (bicyclic) bond motifs is 1. The normalized spacial score (nSPS) is 15.2. The van der Waals surface area contributed by atoms with Crippen molar-refractivity contribution in [3.05, 3.63) is 89.7 Å². The summed E-state index contributed by atoms with van der Waals surface area (Å²) in [4.78, 5) is 3.48. The standard InChI is InChI=1S/C23H22F3N3O/c1-27-13-21(30)22(15-5-2-6-16(24)11-15)29-14-28(18-8-3-7-17(25)12-18)20-10-4-9-19(26)23(20)29/h2-12,21-22,27,30H,13-14H2,1H3. The molecule has 2 N–H and O–H groups in total. The molecule has 4 nitrogen and oxygen atoms in total. The molecule has 0 radical (unpaired) electrons. The highest BCUT2D eigenvalue weighted by molar-refractivity contribution is 5.83. The molecular formula is C23H22F3N3O. The van der Waals surface area contributed by atoms with Crippen LogP contribution in [-0.4, -0.2) is 31.5 Å². The zero-order valence-electron chi connectivity index (χ0n) is 16.4. The molecule has 0 fully saturated rings. The van der Waals surface area contributed by atoms with Gasteiger partial charge in [-0.1, -0.05) is 24.3 Å². The fourth-order valence-corrected chi connectivity index (χ4v) is 4.02. The Morgan fingerprint density at radius 1 is 0.967 bits per heavy atom. The molecule has 3 aromatic carbocycles. The van der Waals surface area contributed by atoms with Gasteiger partial charge in [-0.3, -0.25) is 0 Å². The van der Waals surface area contributed by atoms with Gasteiger partial charge in [-0.2, -0.15) is 0 Å². The second kappa shape index (κ2) is 8.38. The lowest BCUT2D eigenvalue weighted by atomic mass is 9.99. The third-order valence-corrected chi connectivity index (χ3v) is 5.26. The number of hydrogen-bond acceptors (Lipinski definition) is 4. The summed E-state index contributed by atoms with van der Waals surface area (Å²) < 4.78 is 42.8. The first-order valence-electron chi connectivity index (χ1n) is 9.66. The Labute approximate surface area is 173 Å². The zero-order valence-corrected chi connectivity index (χ0v) is 16.4. The monoisotopic (exact) mass is 413 g/mol. The van der Waals surface area contributed by atoms with Gasteiger partial charge in [0.25, 0.3) is 0 Å². The highest BCUT2D eigenvalue weighted by atomic mass is 19.1. The van der Waals surface area contributed by atoms with Crippen LogP contribution in [0.4, 0.5) is 30.2 Å². The first-order valence-corrected chi connectivity index (χ1v) is 9.66. The van der Waals surface area contributed by atoms with Gasteiger partial charge in [-0.25, -0.2) is 13.2 Å². The highest BCUT2D eigenvalue weighted by Gasteiger charge is 2.38. The van der Waals surface area contributed by atoms with Crippen molar-refractivity contribution in [2.75, 3.05) is 30.1 Å². The molecule has 2 unspecified atom stereocenters. The van der Waals surface area contributed by atoms with Crippen molar-refractivity contribution < 1.29 is 18.3 Å². The Hall–Kier alpha value is -3.03. The summed E-state index contributed by atoms with van der Waals surface area (Å²) in [6.45, 7) is 0.392. The zero-order chi connectivity index (χ0) is 21.3. The van der Waals surface area contributed by atoms with E-state index < -0.39 is 29.6 Å². The van der Waals surface area contributed by atoms with E-state index in [1.165, 1.54) is 30.3 Å². The molecule has 0 saturated carbocycles. The molecule has 4 rings (SSSR count). The maximum absolute atomic E-state index is 15.0. The number of likely N-dealkylation sites (N-methyl/N-ethyl adjacent to an activating group) is 1. The van der Waals surface area contributed by atoms with E-state index in [1.807, 2.05) is 0 Å². The number of halogens is 3. The summed E-state index contributed by atoms with van der Waals surface area (Å²) in [6, 6.07) is 15.9. The molecule has 1 aliphatic heterocycles. The maximum atomic E-state index is 15.0. The largest absolute Gasteiger partial charge is 0.389 e. The molecular weight excluding hydrogens is 391 g/mol. The number of anilines is 3. The lowest BCUT2D eigenvalue weighted by Crippen LogP contribution is -2.42. The van der Waals surface area contributed by atoms with Gasteiger partial charge in [0, 0.05) is 12.2 Å². The van der Waals surface area contributed by atoms with Gasteiger partial charge in [0.15, 0.2) is 0 Å². The predicted octanol–water partition coefficient (Wildman–Crippen LogP) is 4.34. The van der Waals surface area contributed by atoms with Crippen LogP contribution in [0.15, 0.2) is 66.7 Å². The van der Waals surface area contributed by atoms with E-state index in [-0.39, 0.29) is 18.9 Å². The fraction of sp³-hybridized carbons (Fsp3) is 0.217. The van der Waals surface area contributed by atoms with Gasteiger partial charge in [0.05, 0.1) is 30.2 Å². The molecule has 0 saturated heterocycles. The fourth-order valence-electron chi connectivity index (χ4n) is 4.02. The molecule has 1 aliphatic rings. The van der Waals surface area contributed by atoms with Crippen LogP contribution in [0, 0.1) is 17.5 Å². The van der Waals surface area contributed by atoms with Crippen molar-refractivity contribution in [3.63, 3.8) is 0 Å². The Bertz CT molecular complexity index is 1050. The molecule has 156 valence electrons. The van der Waals surface area contributed by atoms with E-state index in [4.69, 9.17) is 0 Å². The van der Waals surface area contributed by atoms with Crippen molar-refractivity contribution in [2.45, 2.75) is 12.1 Å². The quantitative estimate of drug-likeness (QED) is 0.631. The summed E-state index contributed by atoms with van der Waals surface area (Å²) >= 11 is 0. The number of aliphatic hydroxyl groups is 1. The van der Waals surface area contributed by atoms with Crippen LogP contribution >= 0.6 is 0 Å². The molecule has 7 heteroatoms. The third-order valence-electron chi connectivity index (χ3n) is 5.26. The molecule has 30 heavy (non-hydrogen) atoms. The number of nitrogens with one attached hydrogen (secondary N) is 1. The summed E-state index contributed by atoms with van der Waals surface area (Å²) in [5, 5.41) is 13.8. The van der Waals surface area contributed by atoms with Crippen LogP contribution in [0.3, 0.4) is 0 Å². The molecule has 2 atom stereocenters. The number of benzene rings is 3. The summed E-state index contributed by atoms with van der Waals surface area (Å²) in [7, 11) is 1.70. The lowest BCUT2D eigenvalue weighted by molar-refractivity contribution is 0.141. The first-order chi connectivity index (χ1) is 14.5. The number of hydrogen-bond donors (Lipinski definition) is 2. The first kappa shape index (κ1) is 20.3. The van der Waals surface area contributed by atoms with E-state index in [0.29, 0.717) is 16.9 Å². The second-order valence-corrected chi connectivity index (χ2v) is 7.25. The van der Waals surface area contributed by atoms with Crippen molar-refractivity contribution in [3.8, 4) is 0 Å². The lowest BCUT2D eigenvalue weighted by Gasteiger charge is -2.34. The molecule has 0 amide bonds. The summed E-state index contributed by atoms with van der Waals surface area (Å²) in [6.07, 6.45) is -0.947. The minimum Gasteiger partial charge on any atom is -0.389 e. The molecule has 0 aromatic heterocycles.